The summed E-state index contributed by atoms with van der Waals surface area (Å²) >= 11 is 1.24. The summed E-state index contributed by atoms with van der Waals surface area (Å²) in [4.78, 5) is 78.4. The number of aryl methyl sites for hydroxylation is 2. The van der Waals surface area contributed by atoms with E-state index in [-0.39, 0.29) is 76.8 Å². The molecule has 0 saturated heterocycles. The molecule has 0 bridgehead atoms. The zero-order chi connectivity index (χ0) is 60.3. The van der Waals surface area contributed by atoms with Gasteiger partial charge in [-0.1, -0.05) is 38.0 Å². The Hall–Kier alpha value is -9.10. The van der Waals surface area contributed by atoms with Crippen LogP contribution in [0.4, 0.5) is 50.4 Å². The van der Waals surface area contributed by atoms with Crippen LogP contribution in [0.2, 0.25) is 0 Å². The number of urea groups is 2. The minimum Gasteiger partial charge on any atom is -0.481 e. The molecule has 2 aromatic carbocycles. The Morgan fingerprint density at radius 1 is 0.902 bits per heavy atom. The highest BCUT2D eigenvalue weighted by molar-refractivity contribution is 7.90. The maximum atomic E-state index is 14.5. The minimum atomic E-state index is -4.46. The number of nitrogens with zero attached hydrogens (tertiary/aromatic N) is 11. The number of pyridine rings is 1. The van der Waals surface area contributed by atoms with Gasteiger partial charge in [-0.15, -0.1) is 6.42 Å². The highest BCUT2D eigenvalue weighted by atomic mass is 32.2. The Kier molecular flexibility index (Phi) is 19.7. The van der Waals surface area contributed by atoms with Crippen molar-refractivity contribution in [3.63, 3.8) is 0 Å². The second-order valence-corrected chi connectivity index (χ2v) is 22.0. The van der Waals surface area contributed by atoms with E-state index in [1.54, 1.807) is 9.44 Å². The zero-order valence-corrected chi connectivity index (χ0v) is 47.1. The fraction of sp³-hybridized carbons (Fsp3) is 0.333. The smallest absolute Gasteiger partial charge is 0.389 e. The first-order valence-electron chi connectivity index (χ1n) is 23.6. The molecule has 0 saturated carbocycles. The van der Waals surface area contributed by atoms with Crippen molar-refractivity contribution in [3.05, 3.63) is 94.2 Å². The largest absolute Gasteiger partial charge is 0.481 e. The fourth-order valence-corrected chi connectivity index (χ4v) is 10.4. The van der Waals surface area contributed by atoms with Crippen molar-refractivity contribution < 1.29 is 72.5 Å². The molecule has 8 rings (SSSR count). The lowest BCUT2D eigenvalue weighted by molar-refractivity contribution is -0.134. The van der Waals surface area contributed by atoms with Crippen LogP contribution in [-0.2, 0) is 44.2 Å². The van der Waals surface area contributed by atoms with Gasteiger partial charge in [0.25, 0.3) is 31.9 Å². The van der Waals surface area contributed by atoms with Crippen molar-refractivity contribution in [2.45, 2.75) is 62.7 Å². The van der Waals surface area contributed by atoms with Crippen LogP contribution in [-0.4, -0.2) is 139 Å². The second-order valence-electron chi connectivity index (χ2n) is 18.0. The molecular weight excluding hydrogens is 1150 g/mol. The van der Waals surface area contributed by atoms with Crippen molar-refractivity contribution in [2.24, 2.45) is 10.4 Å². The van der Waals surface area contributed by atoms with E-state index in [2.05, 4.69) is 69.7 Å². The lowest BCUT2D eigenvalue weighted by atomic mass is 9.92. The third-order valence-corrected chi connectivity index (χ3v) is 14.4. The van der Waals surface area contributed by atoms with Crippen LogP contribution in [0.15, 0.2) is 75.7 Å². The monoisotopic (exact) mass is 1200 g/mol. The highest BCUT2D eigenvalue weighted by Gasteiger charge is 2.33. The fourth-order valence-electron chi connectivity index (χ4n) is 7.38. The zero-order valence-electron chi connectivity index (χ0n) is 44.6. The van der Waals surface area contributed by atoms with Gasteiger partial charge in [-0.05, 0) is 48.6 Å². The number of alkyl halides is 3. The van der Waals surface area contributed by atoms with Gasteiger partial charge in [-0.25, -0.2) is 41.8 Å². The van der Waals surface area contributed by atoms with Gasteiger partial charge in [-0.3, -0.25) is 25.1 Å². The Bertz CT molecular complexity index is 3720. The molecule has 27 nitrogen and oxygen atoms in total. The Morgan fingerprint density at radius 3 is 2.17 bits per heavy atom. The Morgan fingerprint density at radius 2 is 1.55 bits per heavy atom. The van der Waals surface area contributed by atoms with Crippen LogP contribution in [0.25, 0.3) is 0 Å². The molecule has 4 aromatic heterocycles. The number of carbonyl (C=O) groups is 4. The second kappa shape index (κ2) is 26.0. The molecule has 6 heterocycles. The molecule has 2 aliphatic rings. The Balaban J connectivity index is 0.000000198. The predicted molar refractivity (Wildman–Crippen MR) is 284 cm³/mol. The van der Waals surface area contributed by atoms with E-state index in [1.165, 1.54) is 118 Å². The van der Waals surface area contributed by atoms with Gasteiger partial charge < -0.3 is 28.4 Å². The summed E-state index contributed by atoms with van der Waals surface area (Å²) in [5.74, 6) is 2.21. The quantitative estimate of drug-likeness (QED) is 0.0858. The number of benzene rings is 2. The van der Waals surface area contributed by atoms with Crippen LogP contribution in [0.1, 0.15) is 47.8 Å². The molecule has 0 fully saturated rings. The summed E-state index contributed by atoms with van der Waals surface area (Å²) in [5, 5.41) is 3.67. The summed E-state index contributed by atoms with van der Waals surface area (Å²) < 4.78 is 132. The van der Waals surface area contributed by atoms with Crippen molar-refractivity contribution in [1.29, 1.82) is 0 Å². The van der Waals surface area contributed by atoms with Crippen LogP contribution >= 0.6 is 11.5 Å². The molecule has 6 aromatic rings. The summed E-state index contributed by atoms with van der Waals surface area (Å²) in [6.07, 6.45) is 1.21. The predicted octanol–water partition coefficient (Wildman–Crippen LogP) is 4.55. The number of sulfonamides is 2. The van der Waals surface area contributed by atoms with Crippen LogP contribution in [0.3, 0.4) is 0 Å². The molecule has 436 valence electrons. The number of fused-ring (bicyclic) bond motifs is 2. The van der Waals surface area contributed by atoms with Crippen LogP contribution < -0.4 is 48.7 Å². The molecule has 0 spiro atoms. The lowest BCUT2D eigenvalue weighted by Gasteiger charge is -2.28. The van der Waals surface area contributed by atoms with E-state index in [1.807, 2.05) is 4.57 Å². The number of amides is 6. The molecule has 0 radical (unpaired) electrons. The van der Waals surface area contributed by atoms with Gasteiger partial charge >= 0.3 is 24.2 Å². The number of hydrogen-bond donors (Lipinski definition) is 4. The first-order valence-corrected chi connectivity index (χ1v) is 27.3. The number of terminal acetylenes is 1. The van der Waals surface area contributed by atoms with E-state index in [4.69, 9.17) is 25.4 Å². The van der Waals surface area contributed by atoms with Gasteiger partial charge in [0.15, 0.2) is 17.5 Å². The normalized spacial score (nSPS) is 13.5. The lowest BCUT2D eigenvalue weighted by Crippen LogP contribution is -2.39. The molecule has 82 heavy (non-hydrogen) atoms. The maximum Gasteiger partial charge on any atom is 0.389 e. The molecule has 6 amide bonds. The first kappa shape index (κ1) is 62.1. The van der Waals surface area contributed by atoms with Crippen LogP contribution in [0.5, 0.6) is 23.5 Å². The van der Waals surface area contributed by atoms with E-state index in [9.17, 15) is 53.6 Å². The van der Waals surface area contributed by atoms with Crippen molar-refractivity contribution in [1.82, 2.24) is 53.2 Å². The number of methoxy groups -OCH3 is 3. The average molecular weight is 1200 g/mol. The molecule has 0 unspecified atom stereocenters. The Labute approximate surface area is 469 Å². The third-order valence-electron chi connectivity index (χ3n) is 10.9. The number of anilines is 3. The molecular formula is C48H51F4N15O12S3. The highest BCUT2D eigenvalue weighted by Crippen LogP contribution is 2.38. The first-order chi connectivity index (χ1) is 38.5. The van der Waals surface area contributed by atoms with Gasteiger partial charge in [0.1, 0.15) is 23.1 Å². The SMILES string of the molecule is C#CCN1C(=O)COc2cc(F)c(N=c3snc4n3CC(C)(C)C4)cc21.COc1cc(OC)nc(NC(=O)NS(=O)(=O)c2ncccc2C(=O)N(C)C)n1.COc1nc(C)nc(NC(=O)NS(=O)(=O)c2ccccc2CCC(F)(F)F)n1. The topological polar surface area (TPSA) is 336 Å². The van der Waals surface area contributed by atoms with Crippen molar-refractivity contribution in [3.8, 4) is 35.9 Å². The van der Waals surface area contributed by atoms with Gasteiger partial charge in [0.05, 0.1) is 50.1 Å². The molecule has 0 aliphatic carbocycles. The van der Waals surface area contributed by atoms with E-state index in [0.29, 0.717) is 16.2 Å². The maximum absolute atomic E-state index is 14.5. The molecule has 34 heteroatoms. The number of aromatic nitrogens is 8. The number of nitrogens with one attached hydrogen (secondary N) is 4. The summed E-state index contributed by atoms with van der Waals surface area (Å²) in [6.45, 7) is 6.56. The summed E-state index contributed by atoms with van der Waals surface area (Å²) in [6, 6.07) is 9.47. The summed E-state index contributed by atoms with van der Waals surface area (Å²) in [5.41, 5.74) is 0.419. The van der Waals surface area contributed by atoms with Gasteiger partial charge in [-0.2, -0.15) is 50.9 Å². The number of halogens is 4. The molecule has 2 aliphatic heterocycles. The summed E-state index contributed by atoms with van der Waals surface area (Å²) in [7, 11) is -1.99. The minimum absolute atomic E-state index is 0.0715. The number of rotatable bonds is 14. The number of carbonyl (C=O) groups excluding carboxylic acids is 4. The van der Waals surface area contributed by atoms with E-state index < -0.39 is 72.8 Å². The third kappa shape index (κ3) is 16.3. The van der Waals surface area contributed by atoms with E-state index in [0.717, 1.165) is 24.9 Å². The van der Waals surface area contributed by atoms with Crippen molar-refractivity contribution >= 4 is 78.7 Å². The van der Waals surface area contributed by atoms with Crippen LogP contribution in [0, 0.1) is 30.5 Å². The van der Waals surface area contributed by atoms with E-state index >= 15 is 0 Å². The van der Waals surface area contributed by atoms with Gasteiger partial charge in [0, 0.05) is 57.3 Å². The molecule has 4 N–H and O–H groups in total. The average Bonchev–Trinajstić information content (AvgIpc) is 3.07. The standard InChI is InChI=1S/C18H17FN4O2S.C15H16F3N5O4S.C15H18N6O6S/c1-4-5-22-13-7-12(11(19)6-14(13)25-9-16(22)24)20-17-23-10-18(2,3)8-15(23)21-26-17;1-9-19-12(22-14(20-9)27-2)21-13(24)23-28(25,26)11-6-4-3-5-10(11)7-8-15(16,17)18;1-21(2)13(22)9-6-5-7-16-12(9)28(24,25)20-15(23)19-14-17-10(26-3)8-11(18-14)27-4/h1,6-7H,5,8-10H2,2-3H3;3-6H,7-8H2,1-2H3,(H2,19,20,21,22,23,24);5-8H,1-4H3,(H2,17,18,19,20,23). The molecule has 0 atom stereocenters. The van der Waals surface area contributed by atoms with Crippen molar-refractivity contribution in [2.75, 3.05) is 64.1 Å². The number of ether oxygens (including phenoxy) is 4. The number of hydrogen-bond acceptors (Lipinski definition) is 21. The van der Waals surface area contributed by atoms with Gasteiger partial charge in [0.2, 0.25) is 28.5 Å².